The van der Waals surface area contributed by atoms with Crippen molar-refractivity contribution in [1.82, 2.24) is 4.98 Å². The molecule has 1 aromatic carbocycles. The van der Waals surface area contributed by atoms with Crippen LogP contribution in [0.2, 0.25) is 0 Å². The first-order valence-corrected chi connectivity index (χ1v) is 5.98. The molecule has 1 aromatic heterocycles. The van der Waals surface area contributed by atoms with E-state index >= 15 is 0 Å². The number of aromatic nitrogens is 1. The molecular weight excluding hydrogens is 328 g/mol. The maximum atomic E-state index is 12.7. The molecule has 0 aliphatic rings. The van der Waals surface area contributed by atoms with Crippen LogP contribution in [0.3, 0.4) is 0 Å². The smallest absolute Gasteiger partial charge is 0.406 e. The molecule has 0 saturated heterocycles. The molecular formula is C14H7F6NO2. The molecule has 0 bridgehead atoms. The summed E-state index contributed by atoms with van der Waals surface area (Å²) in [6, 6.07) is 4.17. The van der Waals surface area contributed by atoms with Gasteiger partial charge in [0.1, 0.15) is 12.0 Å². The van der Waals surface area contributed by atoms with Crippen molar-refractivity contribution in [2.24, 2.45) is 0 Å². The largest absolute Gasteiger partial charge is 0.573 e. The van der Waals surface area contributed by atoms with Crippen LogP contribution in [0.5, 0.6) is 5.75 Å². The summed E-state index contributed by atoms with van der Waals surface area (Å²) in [6.45, 7) is 0. The van der Waals surface area contributed by atoms with Gasteiger partial charge in [0.15, 0.2) is 0 Å². The van der Waals surface area contributed by atoms with Gasteiger partial charge in [0.25, 0.3) is 0 Å². The SMILES string of the molecule is O=Cc1cc(OC(F)(F)F)cc(-c2cc(C(F)(F)F)ccn2)c1. The molecule has 2 rings (SSSR count). The Hall–Kier alpha value is -2.58. The molecule has 0 fully saturated rings. The summed E-state index contributed by atoms with van der Waals surface area (Å²) >= 11 is 0. The predicted molar refractivity (Wildman–Crippen MR) is 66.7 cm³/mol. The predicted octanol–water partition coefficient (Wildman–Crippen LogP) is 4.48. The van der Waals surface area contributed by atoms with E-state index in [0.29, 0.717) is 6.07 Å². The van der Waals surface area contributed by atoms with Crippen molar-refractivity contribution in [1.29, 1.82) is 0 Å². The van der Waals surface area contributed by atoms with Crippen molar-refractivity contribution in [2.75, 3.05) is 0 Å². The number of halogens is 6. The summed E-state index contributed by atoms with van der Waals surface area (Å²) in [5.74, 6) is -0.726. The number of carbonyl (C=O) groups excluding carboxylic acids is 1. The van der Waals surface area contributed by atoms with Gasteiger partial charge in [-0.25, -0.2) is 0 Å². The molecule has 122 valence electrons. The van der Waals surface area contributed by atoms with E-state index in [1.165, 1.54) is 0 Å². The molecule has 9 heteroatoms. The standard InChI is InChI=1S/C14H7F6NO2/c15-13(16,17)10-1-2-21-12(6-10)9-3-8(7-22)4-11(5-9)23-14(18,19)20/h1-7H. The van der Waals surface area contributed by atoms with Crippen LogP contribution in [0.4, 0.5) is 26.3 Å². The zero-order valence-corrected chi connectivity index (χ0v) is 11.1. The first-order valence-electron chi connectivity index (χ1n) is 5.98. The van der Waals surface area contributed by atoms with E-state index in [2.05, 4.69) is 9.72 Å². The Balaban J connectivity index is 2.50. The summed E-state index contributed by atoms with van der Waals surface area (Å²) in [6.07, 6.45) is -8.51. The Morgan fingerprint density at radius 3 is 2.26 bits per heavy atom. The number of hydrogen-bond acceptors (Lipinski definition) is 3. The van der Waals surface area contributed by atoms with Crippen molar-refractivity contribution in [3.63, 3.8) is 0 Å². The minimum Gasteiger partial charge on any atom is -0.406 e. The number of carbonyl (C=O) groups is 1. The quantitative estimate of drug-likeness (QED) is 0.613. The average Bonchev–Trinajstić information content (AvgIpc) is 2.44. The molecule has 0 atom stereocenters. The van der Waals surface area contributed by atoms with Crippen molar-refractivity contribution in [3.05, 3.63) is 47.7 Å². The number of pyridine rings is 1. The third-order valence-corrected chi connectivity index (χ3v) is 2.68. The van der Waals surface area contributed by atoms with Crippen LogP contribution in [0.1, 0.15) is 15.9 Å². The highest BCUT2D eigenvalue weighted by molar-refractivity contribution is 5.79. The summed E-state index contributed by atoms with van der Waals surface area (Å²) in [5.41, 5.74) is -1.56. The molecule has 2 aromatic rings. The third kappa shape index (κ3) is 4.44. The number of benzene rings is 1. The second-order valence-corrected chi connectivity index (χ2v) is 4.38. The molecule has 0 unspecified atom stereocenters. The van der Waals surface area contributed by atoms with Gasteiger partial charge < -0.3 is 4.74 Å². The van der Waals surface area contributed by atoms with E-state index in [1.54, 1.807) is 0 Å². The Morgan fingerprint density at radius 1 is 1.00 bits per heavy atom. The normalized spacial score (nSPS) is 12.1. The zero-order valence-electron chi connectivity index (χ0n) is 11.1. The number of alkyl halides is 6. The number of ether oxygens (including phenoxy) is 1. The van der Waals surface area contributed by atoms with Crippen molar-refractivity contribution >= 4 is 6.29 Å². The topological polar surface area (TPSA) is 39.2 Å². The molecule has 23 heavy (non-hydrogen) atoms. The van der Waals surface area contributed by atoms with Crippen molar-refractivity contribution < 1.29 is 35.9 Å². The number of hydrogen-bond donors (Lipinski definition) is 0. The van der Waals surface area contributed by atoms with Gasteiger partial charge in [-0.1, -0.05) is 0 Å². The zero-order chi connectivity index (χ0) is 17.3. The molecule has 0 saturated carbocycles. The third-order valence-electron chi connectivity index (χ3n) is 2.68. The first-order chi connectivity index (χ1) is 10.6. The number of nitrogens with zero attached hydrogens (tertiary/aromatic N) is 1. The number of rotatable bonds is 3. The van der Waals surface area contributed by atoms with E-state index < -0.39 is 23.9 Å². The minimum absolute atomic E-state index is 0.111. The Kier molecular flexibility index (Phi) is 4.31. The second kappa shape index (κ2) is 5.90. The molecule has 0 aliphatic heterocycles. The van der Waals surface area contributed by atoms with E-state index in [1.807, 2.05) is 0 Å². The van der Waals surface area contributed by atoms with Gasteiger partial charge in [-0.15, -0.1) is 13.2 Å². The lowest BCUT2D eigenvalue weighted by atomic mass is 10.1. The second-order valence-electron chi connectivity index (χ2n) is 4.38. The molecule has 0 aliphatic carbocycles. The van der Waals surface area contributed by atoms with Gasteiger partial charge in [-0.05, 0) is 30.3 Å². The van der Waals surface area contributed by atoms with Crippen LogP contribution in [-0.2, 0) is 6.18 Å². The van der Waals surface area contributed by atoms with Crippen LogP contribution in [0, 0.1) is 0 Å². The monoisotopic (exact) mass is 335 g/mol. The van der Waals surface area contributed by atoms with Crippen molar-refractivity contribution in [2.45, 2.75) is 12.5 Å². The highest BCUT2D eigenvalue weighted by Crippen LogP contribution is 2.33. The van der Waals surface area contributed by atoms with Gasteiger partial charge >= 0.3 is 12.5 Å². The van der Waals surface area contributed by atoms with Crippen LogP contribution >= 0.6 is 0 Å². The average molecular weight is 335 g/mol. The van der Waals surface area contributed by atoms with E-state index in [4.69, 9.17) is 0 Å². The molecule has 3 nitrogen and oxygen atoms in total. The van der Waals surface area contributed by atoms with Gasteiger partial charge in [0.2, 0.25) is 0 Å². The van der Waals surface area contributed by atoms with Gasteiger partial charge in [-0.2, -0.15) is 13.2 Å². The van der Waals surface area contributed by atoms with Crippen LogP contribution < -0.4 is 4.74 Å². The molecule has 0 radical (unpaired) electrons. The van der Waals surface area contributed by atoms with E-state index in [0.717, 1.165) is 30.5 Å². The summed E-state index contributed by atoms with van der Waals surface area (Å²) in [7, 11) is 0. The van der Waals surface area contributed by atoms with Gasteiger partial charge in [0, 0.05) is 17.3 Å². The molecule has 0 N–H and O–H groups in total. The summed E-state index contributed by atoms with van der Waals surface area (Å²) in [4.78, 5) is 14.5. The molecule has 0 amide bonds. The lowest BCUT2D eigenvalue weighted by Crippen LogP contribution is -2.17. The van der Waals surface area contributed by atoms with Gasteiger partial charge in [-0.3, -0.25) is 9.78 Å². The Labute approximate surface area is 125 Å². The number of aldehydes is 1. The van der Waals surface area contributed by atoms with Crippen LogP contribution in [-0.4, -0.2) is 17.6 Å². The van der Waals surface area contributed by atoms with Crippen molar-refractivity contribution in [3.8, 4) is 17.0 Å². The summed E-state index contributed by atoms with van der Waals surface area (Å²) in [5, 5.41) is 0. The minimum atomic E-state index is -5.00. The maximum Gasteiger partial charge on any atom is 0.573 e. The Bertz CT molecular complexity index is 724. The fraction of sp³-hybridized carbons (Fsp3) is 0.143. The fourth-order valence-corrected chi connectivity index (χ4v) is 1.80. The molecule has 1 heterocycles. The van der Waals surface area contributed by atoms with E-state index in [-0.39, 0.29) is 23.1 Å². The highest BCUT2D eigenvalue weighted by atomic mass is 19.4. The Morgan fingerprint density at radius 2 is 1.70 bits per heavy atom. The highest BCUT2D eigenvalue weighted by Gasteiger charge is 2.32. The maximum absolute atomic E-state index is 12.7. The lowest BCUT2D eigenvalue weighted by Gasteiger charge is -2.12. The van der Waals surface area contributed by atoms with Crippen LogP contribution in [0.15, 0.2) is 36.5 Å². The first kappa shape index (κ1) is 16.8. The molecule has 0 spiro atoms. The fourth-order valence-electron chi connectivity index (χ4n) is 1.80. The lowest BCUT2D eigenvalue weighted by molar-refractivity contribution is -0.274. The van der Waals surface area contributed by atoms with E-state index in [9.17, 15) is 31.1 Å². The van der Waals surface area contributed by atoms with Gasteiger partial charge in [0.05, 0.1) is 11.3 Å². The van der Waals surface area contributed by atoms with Crippen LogP contribution in [0.25, 0.3) is 11.3 Å². The summed E-state index contributed by atoms with van der Waals surface area (Å²) < 4.78 is 78.5.